The highest BCUT2D eigenvalue weighted by Gasteiger charge is 2.33. The molecular weight excluding hydrogens is 373 g/mol. The number of ether oxygens (including phenoxy) is 1. The van der Waals surface area contributed by atoms with Gasteiger partial charge < -0.3 is 15.0 Å². The molecule has 2 rings (SSSR count). The van der Waals surface area contributed by atoms with Crippen LogP contribution in [0, 0.1) is 0 Å². The second-order valence-corrected chi connectivity index (χ2v) is 6.03. The summed E-state index contributed by atoms with van der Waals surface area (Å²) >= 11 is 0. The van der Waals surface area contributed by atoms with Gasteiger partial charge in [-0.1, -0.05) is 24.3 Å². The van der Waals surface area contributed by atoms with Crippen LogP contribution >= 0.6 is 0 Å². The summed E-state index contributed by atoms with van der Waals surface area (Å²) in [5.41, 5.74) is -0.559. The molecule has 150 valence electrons. The number of amides is 2. The maximum absolute atomic E-state index is 13.0. The third kappa shape index (κ3) is 5.73. The van der Waals surface area contributed by atoms with Crippen LogP contribution in [0.2, 0.25) is 0 Å². The Kier molecular flexibility index (Phi) is 7.03. The van der Waals surface area contributed by atoms with Crippen LogP contribution in [0.3, 0.4) is 0 Å². The van der Waals surface area contributed by atoms with Crippen molar-refractivity contribution in [3.63, 3.8) is 0 Å². The fourth-order valence-corrected chi connectivity index (χ4v) is 2.65. The highest BCUT2D eigenvalue weighted by Crippen LogP contribution is 2.34. The molecule has 0 saturated carbocycles. The highest BCUT2D eigenvalue weighted by atomic mass is 19.4. The normalized spacial score (nSPS) is 11.0. The van der Waals surface area contributed by atoms with E-state index in [-0.39, 0.29) is 31.1 Å². The van der Waals surface area contributed by atoms with Crippen molar-refractivity contribution in [1.82, 2.24) is 4.90 Å². The molecule has 5 nitrogen and oxygen atoms in total. The number of nitrogens with zero attached hydrogens (tertiary/aromatic N) is 1. The van der Waals surface area contributed by atoms with Crippen LogP contribution in [0.4, 0.5) is 18.9 Å². The fraction of sp³-hybridized carbons (Fsp3) is 0.300. The molecule has 0 aliphatic heterocycles. The van der Waals surface area contributed by atoms with E-state index >= 15 is 0 Å². The van der Waals surface area contributed by atoms with Crippen LogP contribution in [0.5, 0.6) is 5.75 Å². The van der Waals surface area contributed by atoms with Crippen molar-refractivity contribution in [3.05, 3.63) is 59.7 Å². The third-order valence-electron chi connectivity index (χ3n) is 4.06. The summed E-state index contributed by atoms with van der Waals surface area (Å²) < 4.78 is 44.2. The summed E-state index contributed by atoms with van der Waals surface area (Å²) in [7, 11) is 1.52. The van der Waals surface area contributed by atoms with Gasteiger partial charge in [0, 0.05) is 6.54 Å². The molecule has 0 aromatic heterocycles. The second-order valence-electron chi connectivity index (χ2n) is 6.03. The number of alkyl halides is 3. The van der Waals surface area contributed by atoms with E-state index in [1.54, 1.807) is 31.2 Å². The standard InChI is InChI=1S/C20H21F3N2O3/c1-3-25(19(27)12-14-7-6-8-15(11-14)28-2)13-18(26)24-17-10-5-4-9-16(17)20(21,22)23/h4-11H,3,12-13H2,1-2H3,(H,24,26). The van der Waals surface area contributed by atoms with Gasteiger partial charge in [-0.05, 0) is 36.8 Å². The second kappa shape index (κ2) is 9.25. The van der Waals surface area contributed by atoms with Crippen molar-refractivity contribution in [1.29, 1.82) is 0 Å². The van der Waals surface area contributed by atoms with Crippen molar-refractivity contribution in [2.45, 2.75) is 19.5 Å². The summed E-state index contributed by atoms with van der Waals surface area (Å²) in [5, 5.41) is 2.25. The van der Waals surface area contributed by atoms with E-state index in [4.69, 9.17) is 4.74 Å². The molecule has 8 heteroatoms. The topological polar surface area (TPSA) is 58.6 Å². The Balaban J connectivity index is 2.04. The van der Waals surface area contributed by atoms with Crippen LogP contribution < -0.4 is 10.1 Å². The molecule has 0 aliphatic carbocycles. The zero-order valence-corrected chi connectivity index (χ0v) is 15.5. The molecule has 0 radical (unpaired) electrons. The number of benzene rings is 2. The fourth-order valence-electron chi connectivity index (χ4n) is 2.65. The number of anilines is 1. The molecule has 0 fully saturated rings. The smallest absolute Gasteiger partial charge is 0.418 e. The van der Waals surface area contributed by atoms with E-state index < -0.39 is 17.6 Å². The Morgan fingerprint density at radius 3 is 2.46 bits per heavy atom. The van der Waals surface area contributed by atoms with Crippen molar-refractivity contribution in [2.75, 3.05) is 25.5 Å². The number of hydrogen-bond acceptors (Lipinski definition) is 3. The van der Waals surface area contributed by atoms with Crippen LogP contribution in [0.1, 0.15) is 18.1 Å². The molecule has 2 aromatic carbocycles. The van der Waals surface area contributed by atoms with Gasteiger partial charge in [0.2, 0.25) is 11.8 Å². The van der Waals surface area contributed by atoms with Gasteiger partial charge in [-0.2, -0.15) is 13.2 Å². The van der Waals surface area contributed by atoms with E-state index in [1.807, 2.05) is 0 Å². The van der Waals surface area contributed by atoms with Crippen LogP contribution in [0.25, 0.3) is 0 Å². The number of para-hydroxylation sites is 1. The lowest BCUT2D eigenvalue weighted by molar-refractivity contribution is -0.137. The molecule has 1 N–H and O–H groups in total. The number of halogens is 3. The minimum Gasteiger partial charge on any atom is -0.497 e. The van der Waals surface area contributed by atoms with E-state index in [0.717, 1.165) is 6.07 Å². The SMILES string of the molecule is CCN(CC(=O)Nc1ccccc1C(F)(F)F)C(=O)Cc1cccc(OC)c1. The summed E-state index contributed by atoms with van der Waals surface area (Å²) in [6.07, 6.45) is -4.53. The molecule has 0 heterocycles. The van der Waals surface area contributed by atoms with Gasteiger partial charge in [0.15, 0.2) is 0 Å². The number of likely N-dealkylation sites (N-methyl/N-ethyl adjacent to an activating group) is 1. The number of methoxy groups -OCH3 is 1. The van der Waals surface area contributed by atoms with Gasteiger partial charge >= 0.3 is 6.18 Å². The molecule has 2 amide bonds. The van der Waals surface area contributed by atoms with Crippen molar-refractivity contribution in [2.24, 2.45) is 0 Å². The zero-order valence-electron chi connectivity index (χ0n) is 15.5. The predicted octanol–water partition coefficient (Wildman–Crippen LogP) is 3.74. The first-order chi connectivity index (χ1) is 13.2. The third-order valence-corrected chi connectivity index (χ3v) is 4.06. The molecule has 0 aliphatic rings. The zero-order chi connectivity index (χ0) is 20.7. The number of carbonyl (C=O) groups excluding carboxylic acids is 2. The lowest BCUT2D eigenvalue weighted by atomic mass is 10.1. The Labute approximate surface area is 161 Å². The summed E-state index contributed by atoms with van der Waals surface area (Å²) in [6, 6.07) is 11.7. The average Bonchev–Trinajstić information content (AvgIpc) is 2.65. The van der Waals surface area contributed by atoms with Gasteiger partial charge in [-0.15, -0.1) is 0 Å². The molecule has 2 aromatic rings. The Bertz CT molecular complexity index is 837. The monoisotopic (exact) mass is 394 g/mol. The Morgan fingerprint density at radius 2 is 1.82 bits per heavy atom. The van der Waals surface area contributed by atoms with Gasteiger partial charge in [0.05, 0.1) is 31.3 Å². The van der Waals surface area contributed by atoms with E-state index in [9.17, 15) is 22.8 Å². The molecule has 28 heavy (non-hydrogen) atoms. The molecule has 0 spiro atoms. The van der Waals surface area contributed by atoms with Crippen LogP contribution in [-0.2, 0) is 22.2 Å². The predicted molar refractivity (Wildman–Crippen MR) is 99.0 cm³/mol. The first-order valence-electron chi connectivity index (χ1n) is 8.61. The maximum atomic E-state index is 13.0. The van der Waals surface area contributed by atoms with Gasteiger partial charge in [0.25, 0.3) is 0 Å². The quantitative estimate of drug-likeness (QED) is 0.778. The summed E-state index contributed by atoms with van der Waals surface area (Å²) in [6.45, 7) is 1.60. The van der Waals surface area contributed by atoms with E-state index in [1.165, 1.54) is 30.2 Å². The molecule has 0 saturated heterocycles. The largest absolute Gasteiger partial charge is 0.497 e. The van der Waals surface area contributed by atoms with Crippen LogP contribution in [-0.4, -0.2) is 36.9 Å². The molecule has 0 bridgehead atoms. The van der Waals surface area contributed by atoms with Crippen molar-refractivity contribution < 1.29 is 27.5 Å². The maximum Gasteiger partial charge on any atom is 0.418 e. The van der Waals surface area contributed by atoms with Crippen LogP contribution in [0.15, 0.2) is 48.5 Å². The molecular formula is C20H21F3N2O3. The minimum absolute atomic E-state index is 0.0530. The number of hydrogen-bond donors (Lipinski definition) is 1. The lowest BCUT2D eigenvalue weighted by Crippen LogP contribution is -2.38. The number of carbonyl (C=O) groups is 2. The number of rotatable bonds is 7. The van der Waals surface area contributed by atoms with Gasteiger partial charge in [-0.25, -0.2) is 0 Å². The first-order valence-corrected chi connectivity index (χ1v) is 8.61. The summed E-state index contributed by atoms with van der Waals surface area (Å²) in [5.74, 6) is -0.401. The first kappa shape index (κ1) is 21.3. The molecule has 0 unspecified atom stereocenters. The van der Waals surface area contributed by atoms with Gasteiger partial charge in [-0.3, -0.25) is 9.59 Å². The Morgan fingerprint density at radius 1 is 1.11 bits per heavy atom. The van der Waals surface area contributed by atoms with Crippen molar-refractivity contribution in [3.8, 4) is 5.75 Å². The lowest BCUT2D eigenvalue weighted by Gasteiger charge is -2.21. The van der Waals surface area contributed by atoms with E-state index in [2.05, 4.69) is 5.32 Å². The Hall–Kier alpha value is -3.03. The highest BCUT2D eigenvalue weighted by molar-refractivity contribution is 5.95. The van der Waals surface area contributed by atoms with Gasteiger partial charge in [0.1, 0.15) is 5.75 Å². The summed E-state index contributed by atoms with van der Waals surface area (Å²) in [4.78, 5) is 26.0. The number of nitrogens with one attached hydrogen (secondary N) is 1. The van der Waals surface area contributed by atoms with E-state index in [0.29, 0.717) is 11.3 Å². The minimum atomic E-state index is -4.59. The molecule has 0 atom stereocenters. The average molecular weight is 394 g/mol. The van der Waals surface area contributed by atoms with Crippen molar-refractivity contribution >= 4 is 17.5 Å².